The van der Waals surface area contributed by atoms with Crippen molar-refractivity contribution in [3.05, 3.63) is 47.5 Å². The van der Waals surface area contributed by atoms with E-state index in [1.165, 1.54) is 17.8 Å². The number of benzene rings is 1. The van der Waals surface area contributed by atoms with Crippen molar-refractivity contribution >= 4 is 11.8 Å². The highest BCUT2D eigenvalue weighted by atomic mass is 32.2. The van der Waals surface area contributed by atoms with Crippen LogP contribution in [0, 0.1) is 12.7 Å². The van der Waals surface area contributed by atoms with E-state index in [0.29, 0.717) is 11.7 Å². The van der Waals surface area contributed by atoms with Crippen LogP contribution in [0.4, 0.5) is 4.39 Å². The largest absolute Gasteiger partial charge is 0.313 e. The summed E-state index contributed by atoms with van der Waals surface area (Å²) in [5.74, 6) is -0.215. The van der Waals surface area contributed by atoms with Crippen LogP contribution in [0.5, 0.6) is 0 Å². The van der Waals surface area contributed by atoms with E-state index in [-0.39, 0.29) is 5.82 Å². The number of aromatic nitrogens is 2. The summed E-state index contributed by atoms with van der Waals surface area (Å²) < 4.78 is 13.4. The van der Waals surface area contributed by atoms with Crippen LogP contribution in [0.25, 0.3) is 0 Å². The summed E-state index contributed by atoms with van der Waals surface area (Å²) in [5.41, 5.74) is 1.96. The third-order valence-corrected chi connectivity index (χ3v) is 3.73. The van der Waals surface area contributed by atoms with E-state index < -0.39 is 0 Å². The van der Waals surface area contributed by atoms with Crippen molar-refractivity contribution in [2.24, 2.45) is 0 Å². The highest BCUT2D eigenvalue weighted by Crippen LogP contribution is 2.28. The Morgan fingerprint density at radius 3 is 2.70 bits per heavy atom. The third kappa shape index (κ3) is 4.28. The smallest absolute Gasteiger partial charge is 0.192 e. The number of nitrogens with zero attached hydrogens (tertiary/aromatic N) is 2. The lowest BCUT2D eigenvalue weighted by Gasteiger charge is -2.09. The van der Waals surface area contributed by atoms with Crippen molar-refractivity contribution in [3.63, 3.8) is 0 Å². The molecule has 0 spiro atoms. The number of hydrogen-bond acceptors (Lipinski definition) is 4. The van der Waals surface area contributed by atoms with Gasteiger partial charge in [0.25, 0.3) is 0 Å². The van der Waals surface area contributed by atoms with Gasteiger partial charge in [-0.3, -0.25) is 0 Å². The van der Waals surface area contributed by atoms with Crippen LogP contribution in [0.2, 0.25) is 0 Å². The van der Waals surface area contributed by atoms with Gasteiger partial charge in [-0.2, -0.15) is 0 Å². The Kier molecular flexibility index (Phi) is 5.49. The Labute approximate surface area is 123 Å². The van der Waals surface area contributed by atoms with E-state index in [9.17, 15) is 4.39 Å². The summed E-state index contributed by atoms with van der Waals surface area (Å²) in [6.45, 7) is 5.63. The highest BCUT2D eigenvalue weighted by Gasteiger charge is 2.07. The van der Waals surface area contributed by atoms with Crippen LogP contribution in [0.1, 0.15) is 24.5 Å². The van der Waals surface area contributed by atoms with Gasteiger partial charge >= 0.3 is 0 Å². The molecule has 0 fully saturated rings. The number of aryl methyl sites for hydroxylation is 1. The Balaban J connectivity index is 2.15. The lowest BCUT2D eigenvalue weighted by atomic mass is 10.2. The van der Waals surface area contributed by atoms with Crippen LogP contribution in [-0.2, 0) is 6.54 Å². The second kappa shape index (κ2) is 7.36. The van der Waals surface area contributed by atoms with E-state index in [0.717, 1.165) is 29.0 Å². The zero-order valence-electron chi connectivity index (χ0n) is 11.7. The van der Waals surface area contributed by atoms with Crippen LogP contribution in [0.3, 0.4) is 0 Å². The molecule has 5 heteroatoms. The number of nitrogens with one attached hydrogen (secondary N) is 1. The summed E-state index contributed by atoms with van der Waals surface area (Å²) >= 11 is 1.46. The van der Waals surface area contributed by atoms with E-state index in [1.54, 1.807) is 24.5 Å². The van der Waals surface area contributed by atoms with Gasteiger partial charge in [0.1, 0.15) is 5.82 Å². The maximum atomic E-state index is 13.4. The lowest BCUT2D eigenvalue weighted by molar-refractivity contribution is 0.615. The minimum atomic E-state index is -0.215. The maximum Gasteiger partial charge on any atom is 0.192 e. The van der Waals surface area contributed by atoms with Gasteiger partial charge in [-0.1, -0.05) is 6.92 Å². The number of hydrogen-bond donors (Lipinski definition) is 1. The molecule has 2 rings (SSSR count). The minimum Gasteiger partial charge on any atom is -0.313 e. The Hall–Kier alpha value is -1.46. The molecular weight excluding hydrogens is 273 g/mol. The summed E-state index contributed by atoms with van der Waals surface area (Å²) in [5, 5.41) is 3.97. The van der Waals surface area contributed by atoms with Gasteiger partial charge in [-0.15, -0.1) is 0 Å². The number of rotatable bonds is 6. The molecular formula is C15H18FN3S. The molecule has 1 heterocycles. The Bertz CT molecular complexity index is 558. The zero-order chi connectivity index (χ0) is 14.4. The first-order valence-corrected chi connectivity index (χ1v) is 7.46. The van der Waals surface area contributed by atoms with Gasteiger partial charge < -0.3 is 5.32 Å². The molecule has 0 saturated carbocycles. The molecule has 0 amide bonds. The van der Waals surface area contributed by atoms with E-state index >= 15 is 0 Å². The fourth-order valence-electron chi connectivity index (χ4n) is 1.72. The molecule has 1 aromatic heterocycles. The second-order valence-corrected chi connectivity index (χ2v) is 5.58. The molecule has 1 N–H and O–H groups in total. The molecule has 20 heavy (non-hydrogen) atoms. The summed E-state index contributed by atoms with van der Waals surface area (Å²) in [7, 11) is 0. The van der Waals surface area contributed by atoms with Gasteiger partial charge in [0.05, 0.1) is 0 Å². The molecule has 0 aliphatic heterocycles. The lowest BCUT2D eigenvalue weighted by Crippen LogP contribution is -2.14. The zero-order valence-corrected chi connectivity index (χ0v) is 12.5. The highest BCUT2D eigenvalue weighted by molar-refractivity contribution is 7.99. The molecule has 0 aliphatic carbocycles. The average molecular weight is 291 g/mol. The predicted molar refractivity (Wildman–Crippen MR) is 79.3 cm³/mol. The molecule has 0 atom stereocenters. The van der Waals surface area contributed by atoms with Gasteiger partial charge in [0.15, 0.2) is 5.16 Å². The molecule has 3 nitrogen and oxygen atoms in total. The maximum absolute atomic E-state index is 13.4. The van der Waals surface area contributed by atoms with Gasteiger partial charge in [0.2, 0.25) is 0 Å². The van der Waals surface area contributed by atoms with E-state index in [2.05, 4.69) is 22.2 Å². The first-order chi connectivity index (χ1) is 9.69. The van der Waals surface area contributed by atoms with Gasteiger partial charge in [-0.05, 0) is 61.0 Å². The SMILES string of the molecule is CCCNCc1cc(F)ccc1Sc1ncc(C)cn1. The van der Waals surface area contributed by atoms with Crippen LogP contribution in [-0.4, -0.2) is 16.5 Å². The number of halogens is 1. The molecule has 0 radical (unpaired) electrons. The normalized spacial score (nSPS) is 10.8. The van der Waals surface area contributed by atoms with Crippen molar-refractivity contribution in [1.29, 1.82) is 0 Å². The molecule has 106 valence electrons. The molecule has 1 aromatic carbocycles. The van der Waals surface area contributed by atoms with Gasteiger partial charge in [0, 0.05) is 23.8 Å². The topological polar surface area (TPSA) is 37.8 Å². The van der Waals surface area contributed by atoms with Crippen molar-refractivity contribution in [2.45, 2.75) is 36.9 Å². The molecule has 0 unspecified atom stereocenters. The predicted octanol–water partition coefficient (Wildman–Crippen LogP) is 3.57. The van der Waals surface area contributed by atoms with Crippen molar-refractivity contribution in [3.8, 4) is 0 Å². The van der Waals surface area contributed by atoms with Crippen LogP contribution >= 0.6 is 11.8 Å². The average Bonchev–Trinajstić information content (AvgIpc) is 2.44. The molecule has 2 aromatic rings. The quantitative estimate of drug-likeness (QED) is 0.652. The van der Waals surface area contributed by atoms with E-state index in [4.69, 9.17) is 0 Å². The standard InChI is InChI=1S/C15H18FN3S/c1-3-6-17-10-12-7-13(16)4-5-14(12)20-15-18-8-11(2)9-19-15/h4-5,7-9,17H,3,6,10H2,1-2H3. The van der Waals surface area contributed by atoms with Crippen molar-refractivity contribution < 1.29 is 4.39 Å². The third-order valence-electron chi connectivity index (χ3n) is 2.72. The van der Waals surface area contributed by atoms with E-state index in [1.807, 2.05) is 6.92 Å². The van der Waals surface area contributed by atoms with Gasteiger partial charge in [-0.25, -0.2) is 14.4 Å². The fourth-order valence-corrected chi connectivity index (χ4v) is 2.52. The Morgan fingerprint density at radius 2 is 2.00 bits per heavy atom. The summed E-state index contributed by atoms with van der Waals surface area (Å²) in [6.07, 6.45) is 4.63. The minimum absolute atomic E-state index is 0.215. The van der Waals surface area contributed by atoms with Crippen molar-refractivity contribution in [2.75, 3.05) is 6.54 Å². The molecule has 0 saturated heterocycles. The fraction of sp³-hybridized carbons (Fsp3) is 0.333. The monoisotopic (exact) mass is 291 g/mol. The van der Waals surface area contributed by atoms with Crippen LogP contribution in [0.15, 0.2) is 40.6 Å². The van der Waals surface area contributed by atoms with Crippen molar-refractivity contribution in [1.82, 2.24) is 15.3 Å². The second-order valence-electron chi connectivity index (χ2n) is 4.57. The summed E-state index contributed by atoms with van der Waals surface area (Å²) in [6, 6.07) is 4.82. The molecule has 0 aliphatic rings. The Morgan fingerprint density at radius 1 is 1.25 bits per heavy atom. The first kappa shape index (κ1) is 14.9. The van der Waals surface area contributed by atoms with Crippen LogP contribution < -0.4 is 5.32 Å². The first-order valence-electron chi connectivity index (χ1n) is 6.64. The molecule has 0 bridgehead atoms. The summed E-state index contributed by atoms with van der Waals surface area (Å²) in [4.78, 5) is 9.53.